The summed E-state index contributed by atoms with van der Waals surface area (Å²) < 4.78 is 0. The lowest BCUT2D eigenvalue weighted by Crippen LogP contribution is -2.22. The van der Waals surface area contributed by atoms with Crippen molar-refractivity contribution in [2.75, 3.05) is 11.9 Å². The quantitative estimate of drug-likeness (QED) is 0.551. The summed E-state index contributed by atoms with van der Waals surface area (Å²) in [6.07, 6.45) is 3.47. The van der Waals surface area contributed by atoms with Gasteiger partial charge < -0.3 is 10.6 Å². The molecule has 0 radical (unpaired) electrons. The van der Waals surface area contributed by atoms with Crippen molar-refractivity contribution in [2.24, 2.45) is 0 Å². The molecule has 4 aromatic rings. The van der Waals surface area contributed by atoms with E-state index in [4.69, 9.17) is 4.98 Å². The molecule has 6 heteroatoms. The first-order chi connectivity index (χ1) is 13.7. The molecule has 0 bridgehead atoms. The number of aromatic nitrogens is 3. The van der Waals surface area contributed by atoms with Crippen LogP contribution in [0.4, 0.5) is 11.5 Å². The summed E-state index contributed by atoms with van der Waals surface area (Å²) in [5.74, 6) is 1.23. The molecule has 2 N–H and O–H groups in total. The number of carbonyl (C=O) groups is 1. The summed E-state index contributed by atoms with van der Waals surface area (Å²) in [4.78, 5) is 25.5. The maximum atomic E-state index is 11.9. The van der Waals surface area contributed by atoms with Gasteiger partial charge in [0.05, 0.1) is 5.52 Å². The standard InChI is InChI=1S/C22H19N5O/c1-2-24-22(28)15-9-11-17(12-10-15)25-21-18-7-3-4-8-19(18)26-20(27-21)16-6-5-13-23-14-16/h3-14H,2H2,1H3,(H,24,28)(H,25,26,27). The molecular formula is C22H19N5O. The van der Waals surface area contributed by atoms with Crippen LogP contribution in [0.1, 0.15) is 17.3 Å². The number of fused-ring (bicyclic) bond motifs is 1. The number of benzene rings is 2. The van der Waals surface area contributed by atoms with Gasteiger partial charge in [0.2, 0.25) is 0 Å². The molecule has 1 amide bonds. The molecule has 0 aliphatic carbocycles. The third kappa shape index (κ3) is 3.66. The highest BCUT2D eigenvalue weighted by atomic mass is 16.1. The molecule has 0 saturated heterocycles. The second-order valence-electron chi connectivity index (χ2n) is 6.22. The minimum Gasteiger partial charge on any atom is -0.352 e. The Morgan fingerprint density at radius 3 is 2.54 bits per heavy atom. The fraction of sp³-hybridized carbons (Fsp3) is 0.0909. The van der Waals surface area contributed by atoms with Crippen molar-refractivity contribution in [1.29, 1.82) is 0 Å². The zero-order valence-corrected chi connectivity index (χ0v) is 15.4. The van der Waals surface area contributed by atoms with Gasteiger partial charge in [-0.05, 0) is 55.5 Å². The van der Waals surface area contributed by atoms with Crippen molar-refractivity contribution >= 4 is 28.3 Å². The molecule has 6 nitrogen and oxygen atoms in total. The van der Waals surface area contributed by atoms with Gasteiger partial charge in [-0.1, -0.05) is 12.1 Å². The highest BCUT2D eigenvalue weighted by Gasteiger charge is 2.10. The SMILES string of the molecule is CCNC(=O)c1ccc(Nc2nc(-c3cccnc3)nc3ccccc23)cc1. The predicted octanol–water partition coefficient (Wildman–Crippen LogP) is 4.19. The molecule has 0 fully saturated rings. The van der Waals surface area contributed by atoms with Crippen LogP contribution >= 0.6 is 0 Å². The van der Waals surface area contributed by atoms with Crippen molar-refractivity contribution in [3.05, 3.63) is 78.6 Å². The molecule has 4 rings (SSSR count). The van der Waals surface area contributed by atoms with Crippen molar-refractivity contribution in [1.82, 2.24) is 20.3 Å². The monoisotopic (exact) mass is 369 g/mol. The molecule has 2 aromatic heterocycles. The summed E-state index contributed by atoms with van der Waals surface area (Å²) in [5.41, 5.74) is 3.16. The van der Waals surface area contributed by atoms with Crippen LogP contribution in [-0.2, 0) is 0 Å². The van der Waals surface area contributed by atoms with E-state index in [1.807, 2.05) is 55.5 Å². The van der Waals surface area contributed by atoms with Gasteiger partial charge in [0.1, 0.15) is 5.82 Å². The Morgan fingerprint density at radius 2 is 1.79 bits per heavy atom. The van der Waals surface area contributed by atoms with Gasteiger partial charge in [-0.15, -0.1) is 0 Å². The Bertz CT molecular complexity index is 1110. The zero-order chi connectivity index (χ0) is 19.3. The van der Waals surface area contributed by atoms with Crippen LogP contribution in [-0.4, -0.2) is 27.4 Å². The molecule has 0 atom stereocenters. The largest absolute Gasteiger partial charge is 0.352 e. The Kier molecular flexibility index (Phi) is 4.93. The topological polar surface area (TPSA) is 79.8 Å². The maximum Gasteiger partial charge on any atom is 0.251 e. The van der Waals surface area contributed by atoms with Crippen LogP contribution in [0.15, 0.2) is 73.1 Å². The number of nitrogens with zero attached hydrogens (tertiary/aromatic N) is 3. The summed E-state index contributed by atoms with van der Waals surface area (Å²) >= 11 is 0. The zero-order valence-electron chi connectivity index (χ0n) is 15.4. The second kappa shape index (κ2) is 7.84. The van der Waals surface area contributed by atoms with Gasteiger partial charge >= 0.3 is 0 Å². The number of hydrogen-bond donors (Lipinski definition) is 2. The Hall–Kier alpha value is -3.80. The first-order valence-corrected chi connectivity index (χ1v) is 9.07. The van der Waals surface area contributed by atoms with Crippen LogP contribution in [0.25, 0.3) is 22.3 Å². The number of amides is 1. The Labute approximate surface area is 162 Å². The first kappa shape index (κ1) is 17.6. The van der Waals surface area contributed by atoms with Gasteiger partial charge in [0.15, 0.2) is 5.82 Å². The number of para-hydroxylation sites is 1. The molecule has 0 spiro atoms. The van der Waals surface area contributed by atoms with Gasteiger partial charge in [-0.3, -0.25) is 9.78 Å². The van der Waals surface area contributed by atoms with Gasteiger partial charge in [0, 0.05) is 41.1 Å². The van der Waals surface area contributed by atoms with E-state index in [9.17, 15) is 4.79 Å². The minimum atomic E-state index is -0.0830. The number of carbonyl (C=O) groups excluding carboxylic acids is 1. The summed E-state index contributed by atoms with van der Waals surface area (Å²) in [6.45, 7) is 2.50. The highest BCUT2D eigenvalue weighted by molar-refractivity contribution is 5.95. The molecule has 0 saturated carbocycles. The normalized spacial score (nSPS) is 10.6. The van der Waals surface area contributed by atoms with E-state index in [1.54, 1.807) is 24.5 Å². The van der Waals surface area contributed by atoms with E-state index in [0.29, 0.717) is 23.8 Å². The van der Waals surface area contributed by atoms with Crippen molar-refractivity contribution < 1.29 is 4.79 Å². The lowest BCUT2D eigenvalue weighted by molar-refractivity contribution is 0.0956. The van der Waals surface area contributed by atoms with E-state index < -0.39 is 0 Å². The average molecular weight is 369 g/mol. The number of pyridine rings is 1. The number of hydrogen-bond acceptors (Lipinski definition) is 5. The van der Waals surface area contributed by atoms with Crippen molar-refractivity contribution in [3.8, 4) is 11.4 Å². The van der Waals surface area contributed by atoms with Crippen LogP contribution in [0.5, 0.6) is 0 Å². The number of nitrogens with one attached hydrogen (secondary N) is 2. The van der Waals surface area contributed by atoms with E-state index in [2.05, 4.69) is 20.6 Å². The second-order valence-corrected chi connectivity index (χ2v) is 6.22. The summed E-state index contributed by atoms with van der Waals surface area (Å²) in [5, 5.41) is 7.07. The van der Waals surface area contributed by atoms with Gasteiger partial charge in [0.25, 0.3) is 5.91 Å². The van der Waals surface area contributed by atoms with Gasteiger partial charge in [-0.2, -0.15) is 0 Å². The molecule has 28 heavy (non-hydrogen) atoms. The van der Waals surface area contributed by atoms with E-state index in [0.717, 1.165) is 22.2 Å². The molecule has 2 heterocycles. The molecule has 0 aliphatic heterocycles. The highest BCUT2D eigenvalue weighted by Crippen LogP contribution is 2.27. The van der Waals surface area contributed by atoms with E-state index >= 15 is 0 Å². The smallest absolute Gasteiger partial charge is 0.251 e. The van der Waals surface area contributed by atoms with Crippen LogP contribution < -0.4 is 10.6 Å². The lowest BCUT2D eigenvalue weighted by atomic mass is 10.1. The van der Waals surface area contributed by atoms with Crippen LogP contribution in [0, 0.1) is 0 Å². The lowest BCUT2D eigenvalue weighted by Gasteiger charge is -2.11. The molecule has 138 valence electrons. The number of anilines is 2. The molecule has 2 aromatic carbocycles. The fourth-order valence-electron chi connectivity index (χ4n) is 2.90. The Balaban J connectivity index is 1.71. The molecule has 0 aliphatic rings. The fourth-order valence-corrected chi connectivity index (χ4v) is 2.90. The molecule has 0 unspecified atom stereocenters. The van der Waals surface area contributed by atoms with Crippen molar-refractivity contribution in [3.63, 3.8) is 0 Å². The van der Waals surface area contributed by atoms with Crippen LogP contribution in [0.2, 0.25) is 0 Å². The third-order valence-corrected chi connectivity index (χ3v) is 4.27. The summed E-state index contributed by atoms with van der Waals surface area (Å²) in [7, 11) is 0. The third-order valence-electron chi connectivity index (χ3n) is 4.27. The van der Waals surface area contributed by atoms with E-state index in [1.165, 1.54) is 0 Å². The summed E-state index contributed by atoms with van der Waals surface area (Å²) in [6, 6.07) is 19.0. The van der Waals surface area contributed by atoms with Crippen LogP contribution in [0.3, 0.4) is 0 Å². The number of rotatable bonds is 5. The maximum absolute atomic E-state index is 11.9. The predicted molar refractivity (Wildman–Crippen MR) is 111 cm³/mol. The molecular weight excluding hydrogens is 350 g/mol. The average Bonchev–Trinajstić information content (AvgIpc) is 2.75. The van der Waals surface area contributed by atoms with Crippen molar-refractivity contribution in [2.45, 2.75) is 6.92 Å². The van der Waals surface area contributed by atoms with Gasteiger partial charge in [-0.25, -0.2) is 9.97 Å². The first-order valence-electron chi connectivity index (χ1n) is 9.07. The Morgan fingerprint density at radius 1 is 0.964 bits per heavy atom. The minimum absolute atomic E-state index is 0.0830. The van der Waals surface area contributed by atoms with E-state index in [-0.39, 0.29) is 5.91 Å².